The second-order valence-corrected chi connectivity index (χ2v) is 4.42. The van der Waals surface area contributed by atoms with Gasteiger partial charge < -0.3 is 15.2 Å². The minimum Gasteiger partial charge on any atom is -0.481 e. The van der Waals surface area contributed by atoms with E-state index in [2.05, 4.69) is 5.32 Å². The van der Waals surface area contributed by atoms with Crippen LogP contribution in [0.2, 0.25) is 0 Å². The maximum atomic E-state index is 10.8. The third-order valence-corrected chi connectivity index (χ3v) is 1.55. The van der Waals surface area contributed by atoms with Crippen LogP contribution < -0.4 is 5.32 Å². The van der Waals surface area contributed by atoms with Gasteiger partial charge in [-0.3, -0.25) is 9.59 Å². The molecule has 0 saturated heterocycles. The molecule has 0 saturated carbocycles. The molecule has 0 aliphatic carbocycles. The number of carbonyl (C=O) groups is 2. The zero-order valence-corrected chi connectivity index (χ0v) is 9.66. The molecule has 0 fully saturated rings. The molecule has 5 nitrogen and oxygen atoms in total. The Hall–Kier alpha value is -1.10. The summed E-state index contributed by atoms with van der Waals surface area (Å²) in [6.07, 6.45) is -0.129. The predicted molar refractivity (Wildman–Crippen MR) is 55.6 cm³/mol. The number of carboxylic acid groups (broad SMARTS) is 1. The van der Waals surface area contributed by atoms with E-state index in [-0.39, 0.29) is 24.5 Å². The van der Waals surface area contributed by atoms with Gasteiger partial charge in [0.05, 0.1) is 24.7 Å². The summed E-state index contributed by atoms with van der Waals surface area (Å²) >= 11 is 0. The lowest BCUT2D eigenvalue weighted by Crippen LogP contribution is -2.40. The van der Waals surface area contributed by atoms with Gasteiger partial charge in [0.1, 0.15) is 0 Å². The number of carboxylic acids is 1. The van der Waals surface area contributed by atoms with Crippen LogP contribution >= 0.6 is 0 Å². The average Bonchev–Trinajstić information content (AvgIpc) is 1.96. The summed E-state index contributed by atoms with van der Waals surface area (Å²) < 4.78 is 5.42. The van der Waals surface area contributed by atoms with Crippen LogP contribution in [0.3, 0.4) is 0 Å². The van der Waals surface area contributed by atoms with Crippen LogP contribution in [0.4, 0.5) is 0 Å². The number of rotatable bonds is 5. The van der Waals surface area contributed by atoms with Gasteiger partial charge in [-0.05, 0) is 20.8 Å². The summed E-state index contributed by atoms with van der Waals surface area (Å²) in [5.74, 6) is -1.20. The molecular formula is C10H19NO4. The number of nitrogens with one attached hydrogen (secondary N) is 1. The van der Waals surface area contributed by atoms with Crippen molar-refractivity contribution < 1.29 is 19.4 Å². The van der Waals surface area contributed by atoms with Crippen molar-refractivity contribution in [3.8, 4) is 0 Å². The third-order valence-electron chi connectivity index (χ3n) is 1.55. The molecule has 0 aliphatic rings. The van der Waals surface area contributed by atoms with Crippen LogP contribution in [0, 0.1) is 0 Å². The first-order chi connectivity index (χ1) is 6.70. The Balaban J connectivity index is 4.12. The van der Waals surface area contributed by atoms with Crippen LogP contribution in [-0.2, 0) is 14.3 Å². The van der Waals surface area contributed by atoms with Gasteiger partial charge in [-0.2, -0.15) is 0 Å². The van der Waals surface area contributed by atoms with E-state index >= 15 is 0 Å². The van der Waals surface area contributed by atoms with Crippen LogP contribution in [0.5, 0.6) is 0 Å². The summed E-state index contributed by atoms with van der Waals surface area (Å²) in [7, 11) is 0. The summed E-state index contributed by atoms with van der Waals surface area (Å²) in [5, 5.41) is 11.2. The Morgan fingerprint density at radius 1 is 1.40 bits per heavy atom. The number of ether oxygens (including phenoxy) is 1. The molecule has 0 rings (SSSR count). The zero-order chi connectivity index (χ0) is 12.1. The van der Waals surface area contributed by atoms with Gasteiger partial charge in [-0.15, -0.1) is 0 Å². The Bertz CT molecular complexity index is 216. The maximum Gasteiger partial charge on any atom is 0.305 e. The van der Waals surface area contributed by atoms with Gasteiger partial charge in [-0.25, -0.2) is 0 Å². The summed E-state index contributed by atoms with van der Waals surface area (Å²) in [4.78, 5) is 21.3. The fraction of sp³-hybridized carbons (Fsp3) is 0.800. The highest BCUT2D eigenvalue weighted by molar-refractivity contribution is 5.74. The first-order valence-corrected chi connectivity index (χ1v) is 4.83. The van der Waals surface area contributed by atoms with Crippen molar-refractivity contribution in [1.29, 1.82) is 0 Å². The molecule has 0 spiro atoms. The molecule has 1 amide bonds. The topological polar surface area (TPSA) is 75.6 Å². The van der Waals surface area contributed by atoms with Crippen molar-refractivity contribution in [3.63, 3.8) is 0 Å². The van der Waals surface area contributed by atoms with Crippen molar-refractivity contribution in [1.82, 2.24) is 5.32 Å². The smallest absolute Gasteiger partial charge is 0.305 e. The largest absolute Gasteiger partial charge is 0.481 e. The molecule has 0 heterocycles. The first kappa shape index (κ1) is 13.9. The fourth-order valence-electron chi connectivity index (χ4n) is 1.00. The molecule has 0 bridgehead atoms. The van der Waals surface area contributed by atoms with E-state index in [1.165, 1.54) is 6.92 Å². The van der Waals surface area contributed by atoms with Crippen molar-refractivity contribution >= 4 is 11.9 Å². The average molecular weight is 217 g/mol. The summed E-state index contributed by atoms with van der Waals surface area (Å²) in [6.45, 7) is 7.18. The van der Waals surface area contributed by atoms with Gasteiger partial charge >= 0.3 is 5.97 Å². The minimum atomic E-state index is -0.953. The first-order valence-electron chi connectivity index (χ1n) is 4.83. The number of amides is 1. The highest BCUT2D eigenvalue weighted by atomic mass is 16.5. The van der Waals surface area contributed by atoms with E-state index in [1.54, 1.807) is 0 Å². The predicted octanol–water partition coefficient (Wildman–Crippen LogP) is 0.781. The molecule has 5 heteroatoms. The van der Waals surface area contributed by atoms with Gasteiger partial charge in [-0.1, -0.05) is 0 Å². The van der Waals surface area contributed by atoms with Gasteiger partial charge in [0, 0.05) is 6.92 Å². The fourth-order valence-corrected chi connectivity index (χ4v) is 1.00. The Morgan fingerprint density at radius 2 is 1.93 bits per heavy atom. The number of aliphatic carboxylic acids is 1. The standard InChI is InChI=1S/C10H19NO4/c1-7(12)11-8(5-9(13)14)6-15-10(2,3)4/h8H,5-6H2,1-4H3,(H,11,12)(H,13,14)/t8-/m1/s1. The van der Waals surface area contributed by atoms with Crippen molar-refractivity contribution in [2.75, 3.05) is 6.61 Å². The molecule has 0 aromatic carbocycles. The van der Waals surface area contributed by atoms with Crippen molar-refractivity contribution in [2.24, 2.45) is 0 Å². The van der Waals surface area contributed by atoms with Gasteiger partial charge in [0.25, 0.3) is 0 Å². The molecule has 1 atom stereocenters. The molecule has 0 aromatic heterocycles. The molecule has 15 heavy (non-hydrogen) atoms. The molecule has 0 unspecified atom stereocenters. The zero-order valence-electron chi connectivity index (χ0n) is 9.66. The van der Waals surface area contributed by atoms with Crippen LogP contribution in [0.1, 0.15) is 34.1 Å². The monoisotopic (exact) mass is 217 g/mol. The van der Waals surface area contributed by atoms with E-state index in [0.29, 0.717) is 0 Å². The number of carbonyl (C=O) groups excluding carboxylic acids is 1. The van der Waals surface area contributed by atoms with Crippen LogP contribution in [0.15, 0.2) is 0 Å². The lowest BCUT2D eigenvalue weighted by Gasteiger charge is -2.24. The molecule has 88 valence electrons. The maximum absolute atomic E-state index is 10.8. The third kappa shape index (κ3) is 9.21. The minimum absolute atomic E-state index is 0.129. The van der Waals surface area contributed by atoms with Crippen LogP contribution in [0.25, 0.3) is 0 Å². The van der Waals surface area contributed by atoms with E-state index in [0.717, 1.165) is 0 Å². The Labute approximate surface area is 89.8 Å². The van der Waals surface area contributed by atoms with Gasteiger partial charge in [0.15, 0.2) is 0 Å². The highest BCUT2D eigenvalue weighted by Crippen LogP contribution is 2.08. The second-order valence-electron chi connectivity index (χ2n) is 4.42. The van der Waals surface area contributed by atoms with Crippen LogP contribution in [-0.4, -0.2) is 35.2 Å². The van der Waals surface area contributed by atoms with E-state index in [4.69, 9.17) is 9.84 Å². The lowest BCUT2D eigenvalue weighted by molar-refractivity contribution is -0.138. The summed E-state index contributed by atoms with van der Waals surface area (Å²) in [5.41, 5.74) is -0.338. The Kier molecular flexibility index (Phi) is 5.28. The molecule has 2 N–H and O–H groups in total. The molecular weight excluding hydrogens is 198 g/mol. The highest BCUT2D eigenvalue weighted by Gasteiger charge is 2.18. The lowest BCUT2D eigenvalue weighted by atomic mass is 10.1. The van der Waals surface area contributed by atoms with Crippen molar-refractivity contribution in [3.05, 3.63) is 0 Å². The van der Waals surface area contributed by atoms with E-state index < -0.39 is 12.0 Å². The van der Waals surface area contributed by atoms with Crippen molar-refractivity contribution in [2.45, 2.75) is 45.8 Å². The molecule has 0 aliphatic heterocycles. The SMILES string of the molecule is CC(=O)N[C@@H](COC(C)(C)C)CC(=O)O. The summed E-state index contributed by atoms with van der Waals surface area (Å²) in [6, 6.07) is -0.473. The number of hydrogen-bond donors (Lipinski definition) is 2. The normalized spacial score (nSPS) is 13.3. The Morgan fingerprint density at radius 3 is 2.27 bits per heavy atom. The van der Waals surface area contributed by atoms with E-state index in [9.17, 15) is 9.59 Å². The van der Waals surface area contributed by atoms with E-state index in [1.807, 2.05) is 20.8 Å². The molecule has 0 aromatic rings. The molecule has 0 radical (unpaired) electrons. The second kappa shape index (κ2) is 5.70. The van der Waals surface area contributed by atoms with Gasteiger partial charge in [0.2, 0.25) is 5.91 Å². The number of hydrogen-bond acceptors (Lipinski definition) is 3. The quantitative estimate of drug-likeness (QED) is 0.713.